The number of amides is 2. The summed E-state index contributed by atoms with van der Waals surface area (Å²) in [5.41, 5.74) is 4.34. The van der Waals surface area contributed by atoms with Crippen LogP contribution in [-0.4, -0.2) is 29.3 Å². The van der Waals surface area contributed by atoms with Crippen LogP contribution in [0.15, 0.2) is 71.6 Å². The van der Waals surface area contributed by atoms with Crippen LogP contribution in [0.4, 0.5) is 11.4 Å². The number of hydrogen-bond acceptors (Lipinski definition) is 6. The minimum atomic E-state index is -0.271. The van der Waals surface area contributed by atoms with Gasteiger partial charge in [-0.15, -0.1) is 0 Å². The summed E-state index contributed by atoms with van der Waals surface area (Å²) in [6, 6.07) is 20.6. The Hall–Kier alpha value is -3.62. The van der Waals surface area contributed by atoms with E-state index in [1.807, 2.05) is 75.4 Å². The van der Waals surface area contributed by atoms with Gasteiger partial charge in [-0.3, -0.25) is 14.5 Å². The normalized spacial score (nSPS) is 14.3. The van der Waals surface area contributed by atoms with Crippen molar-refractivity contribution in [1.29, 1.82) is 0 Å². The van der Waals surface area contributed by atoms with Gasteiger partial charge in [0, 0.05) is 5.69 Å². The van der Waals surface area contributed by atoms with Gasteiger partial charge in [0.15, 0.2) is 22.4 Å². The summed E-state index contributed by atoms with van der Waals surface area (Å²) in [6.45, 7) is 6.06. The standard InChI is InChI=1S/C28H26N2O4S2/c1-4-33-24-15-20(11-12-23(24)34-17-26(31)29-21-9-5-7-18(2)13-21)16-25-27(32)30(28(35)36-25)22-10-6-8-19(3)14-22/h5-16H,4,17H2,1-3H3,(H,29,31)/b25-16-. The second kappa shape index (κ2) is 11.4. The van der Waals surface area contributed by atoms with Gasteiger partial charge in [-0.2, -0.15) is 0 Å². The van der Waals surface area contributed by atoms with E-state index < -0.39 is 0 Å². The van der Waals surface area contributed by atoms with Crippen LogP contribution in [0.5, 0.6) is 11.5 Å². The van der Waals surface area contributed by atoms with Gasteiger partial charge in [-0.1, -0.05) is 54.3 Å². The van der Waals surface area contributed by atoms with Crippen molar-refractivity contribution >= 4 is 57.6 Å². The molecule has 3 aromatic carbocycles. The van der Waals surface area contributed by atoms with Gasteiger partial charge >= 0.3 is 0 Å². The van der Waals surface area contributed by atoms with Crippen molar-refractivity contribution in [2.45, 2.75) is 20.8 Å². The summed E-state index contributed by atoms with van der Waals surface area (Å²) < 4.78 is 12.0. The molecule has 184 valence electrons. The fourth-order valence-corrected chi connectivity index (χ4v) is 4.97. The van der Waals surface area contributed by atoms with E-state index in [1.54, 1.807) is 23.1 Å². The molecule has 4 rings (SSSR count). The SMILES string of the molecule is CCOc1cc(/C=C2\SC(=S)N(c3cccc(C)c3)C2=O)ccc1OCC(=O)Nc1cccc(C)c1. The molecule has 6 nitrogen and oxygen atoms in total. The Morgan fingerprint density at radius 1 is 1.00 bits per heavy atom. The molecule has 0 bridgehead atoms. The van der Waals surface area contributed by atoms with Crippen LogP contribution in [0, 0.1) is 13.8 Å². The number of thiocarbonyl (C=S) groups is 1. The third kappa shape index (κ3) is 6.13. The summed E-state index contributed by atoms with van der Waals surface area (Å²) in [6.07, 6.45) is 1.78. The minimum Gasteiger partial charge on any atom is -0.490 e. The fraction of sp³-hybridized carbons (Fsp3) is 0.179. The van der Waals surface area contributed by atoms with E-state index >= 15 is 0 Å². The quantitative estimate of drug-likeness (QED) is 0.286. The molecule has 1 fully saturated rings. The summed E-state index contributed by atoms with van der Waals surface area (Å²) in [5.74, 6) is 0.498. The van der Waals surface area contributed by atoms with Crippen LogP contribution in [0.1, 0.15) is 23.6 Å². The molecule has 0 radical (unpaired) electrons. The van der Waals surface area contributed by atoms with E-state index in [9.17, 15) is 9.59 Å². The van der Waals surface area contributed by atoms with Crippen LogP contribution < -0.4 is 19.7 Å². The van der Waals surface area contributed by atoms with E-state index in [2.05, 4.69) is 5.32 Å². The van der Waals surface area contributed by atoms with Gasteiger partial charge in [-0.05, 0) is 79.9 Å². The van der Waals surface area contributed by atoms with Crippen LogP contribution in [-0.2, 0) is 9.59 Å². The predicted molar refractivity (Wildman–Crippen MR) is 150 cm³/mol. The third-order valence-corrected chi connectivity index (χ3v) is 6.58. The molecule has 1 saturated heterocycles. The monoisotopic (exact) mass is 518 g/mol. The Kier molecular flexibility index (Phi) is 8.07. The number of anilines is 2. The number of benzene rings is 3. The molecular formula is C28H26N2O4S2. The van der Waals surface area contributed by atoms with Crippen molar-refractivity contribution in [2.75, 3.05) is 23.4 Å². The van der Waals surface area contributed by atoms with Crippen molar-refractivity contribution in [3.8, 4) is 11.5 Å². The van der Waals surface area contributed by atoms with Crippen LogP contribution in [0.2, 0.25) is 0 Å². The highest BCUT2D eigenvalue weighted by molar-refractivity contribution is 8.27. The zero-order chi connectivity index (χ0) is 25.7. The van der Waals surface area contributed by atoms with E-state index in [0.717, 1.165) is 22.4 Å². The molecule has 0 unspecified atom stereocenters. The van der Waals surface area contributed by atoms with E-state index in [0.29, 0.717) is 33.0 Å². The zero-order valence-corrected chi connectivity index (χ0v) is 21.9. The maximum atomic E-state index is 13.1. The second-order valence-electron chi connectivity index (χ2n) is 8.20. The summed E-state index contributed by atoms with van der Waals surface area (Å²) in [4.78, 5) is 27.5. The number of carbonyl (C=O) groups excluding carboxylic acids is 2. The van der Waals surface area contributed by atoms with Gasteiger partial charge in [0.2, 0.25) is 0 Å². The number of thioether (sulfide) groups is 1. The maximum Gasteiger partial charge on any atom is 0.270 e. The first kappa shape index (κ1) is 25.5. The lowest BCUT2D eigenvalue weighted by atomic mass is 10.1. The highest BCUT2D eigenvalue weighted by Gasteiger charge is 2.33. The first-order chi connectivity index (χ1) is 17.3. The highest BCUT2D eigenvalue weighted by atomic mass is 32.2. The Balaban J connectivity index is 1.48. The molecule has 0 aliphatic carbocycles. The number of hydrogen-bond donors (Lipinski definition) is 1. The molecule has 0 atom stereocenters. The predicted octanol–water partition coefficient (Wildman–Crippen LogP) is 6.13. The lowest BCUT2D eigenvalue weighted by Crippen LogP contribution is -2.27. The molecule has 36 heavy (non-hydrogen) atoms. The molecular weight excluding hydrogens is 492 g/mol. The minimum absolute atomic E-state index is 0.164. The lowest BCUT2D eigenvalue weighted by molar-refractivity contribution is -0.118. The van der Waals surface area contributed by atoms with Crippen molar-refractivity contribution in [1.82, 2.24) is 0 Å². The highest BCUT2D eigenvalue weighted by Crippen LogP contribution is 2.37. The van der Waals surface area contributed by atoms with Crippen molar-refractivity contribution in [3.63, 3.8) is 0 Å². The molecule has 3 aromatic rings. The molecule has 1 N–H and O–H groups in total. The van der Waals surface area contributed by atoms with E-state index in [-0.39, 0.29) is 18.4 Å². The van der Waals surface area contributed by atoms with Gasteiger partial charge in [0.1, 0.15) is 0 Å². The van der Waals surface area contributed by atoms with Crippen LogP contribution >= 0.6 is 24.0 Å². The number of carbonyl (C=O) groups is 2. The zero-order valence-electron chi connectivity index (χ0n) is 20.2. The second-order valence-corrected chi connectivity index (χ2v) is 9.88. The third-order valence-electron chi connectivity index (χ3n) is 5.28. The number of nitrogens with one attached hydrogen (secondary N) is 1. The molecule has 1 heterocycles. The van der Waals surface area contributed by atoms with E-state index in [4.69, 9.17) is 21.7 Å². The Labute approximate surface area is 220 Å². The number of nitrogens with zero attached hydrogens (tertiary/aromatic N) is 1. The van der Waals surface area contributed by atoms with E-state index in [1.165, 1.54) is 11.8 Å². The molecule has 8 heteroatoms. The molecule has 0 spiro atoms. The number of ether oxygens (including phenoxy) is 2. The number of rotatable bonds is 8. The molecule has 1 aliphatic rings. The first-order valence-electron chi connectivity index (χ1n) is 11.4. The first-order valence-corrected chi connectivity index (χ1v) is 12.7. The number of aryl methyl sites for hydroxylation is 2. The van der Waals surface area contributed by atoms with Crippen molar-refractivity contribution in [3.05, 3.63) is 88.3 Å². The van der Waals surface area contributed by atoms with Gasteiger partial charge < -0.3 is 14.8 Å². The molecule has 2 amide bonds. The Morgan fingerprint density at radius 2 is 1.75 bits per heavy atom. The molecule has 1 aliphatic heterocycles. The molecule has 0 saturated carbocycles. The summed E-state index contributed by atoms with van der Waals surface area (Å²) in [7, 11) is 0. The smallest absolute Gasteiger partial charge is 0.270 e. The van der Waals surface area contributed by atoms with Crippen molar-refractivity contribution in [2.24, 2.45) is 0 Å². The summed E-state index contributed by atoms with van der Waals surface area (Å²) in [5, 5.41) is 2.82. The van der Waals surface area contributed by atoms with Gasteiger partial charge in [-0.25, -0.2) is 0 Å². The summed E-state index contributed by atoms with van der Waals surface area (Å²) >= 11 is 6.74. The Bertz CT molecular complexity index is 1350. The average Bonchev–Trinajstić information content (AvgIpc) is 3.11. The fourth-order valence-electron chi connectivity index (χ4n) is 3.67. The van der Waals surface area contributed by atoms with Crippen LogP contribution in [0.25, 0.3) is 6.08 Å². The largest absolute Gasteiger partial charge is 0.490 e. The average molecular weight is 519 g/mol. The lowest BCUT2D eigenvalue weighted by Gasteiger charge is -2.15. The Morgan fingerprint density at radius 3 is 2.47 bits per heavy atom. The van der Waals surface area contributed by atoms with Gasteiger partial charge in [0.25, 0.3) is 11.8 Å². The maximum absolute atomic E-state index is 13.1. The van der Waals surface area contributed by atoms with Gasteiger partial charge in [0.05, 0.1) is 17.2 Å². The van der Waals surface area contributed by atoms with Crippen molar-refractivity contribution < 1.29 is 19.1 Å². The molecule has 0 aromatic heterocycles. The topological polar surface area (TPSA) is 67.9 Å². The van der Waals surface area contributed by atoms with Crippen LogP contribution in [0.3, 0.4) is 0 Å².